The molecule has 0 atom stereocenters. The monoisotopic (exact) mass is 791 g/mol. The molecule has 290 valence electrons. The first-order valence-corrected chi connectivity index (χ1v) is 21.1. The highest BCUT2D eigenvalue weighted by Crippen LogP contribution is 2.41. The summed E-state index contributed by atoms with van der Waals surface area (Å²) in [6.07, 6.45) is 0. The number of pyridine rings is 1. The summed E-state index contributed by atoms with van der Waals surface area (Å²) in [5, 5.41) is 4.78. The standard InChI is InChI=1S/C57H37N5/c1-3-14-36(15-4-1)38-28-30-44-50(34-38)59-54-46-22-7-9-26-52(46)61(56(44)54)42-20-11-18-40(32-42)48-24-13-25-49(58-48)41-19-12-21-43(33-41)62-53-27-10-8-23-47(53)55-57(62)45-31-29-39(35-51(45)60-55)37-16-5-2-6-17-37/h1-35,59-60H. The van der Waals surface area contributed by atoms with Crippen molar-refractivity contribution in [1.29, 1.82) is 0 Å². The molecule has 0 saturated heterocycles. The number of aromatic nitrogens is 5. The van der Waals surface area contributed by atoms with Gasteiger partial charge in [-0.15, -0.1) is 0 Å². The quantitative estimate of drug-likeness (QED) is 0.173. The molecule has 0 spiro atoms. The van der Waals surface area contributed by atoms with E-state index < -0.39 is 0 Å². The highest BCUT2D eigenvalue weighted by Gasteiger charge is 2.20. The van der Waals surface area contributed by atoms with Gasteiger partial charge < -0.3 is 19.1 Å². The van der Waals surface area contributed by atoms with Crippen LogP contribution < -0.4 is 0 Å². The number of benzene rings is 8. The minimum Gasteiger partial charge on any atom is -0.353 e. The van der Waals surface area contributed by atoms with Crippen LogP contribution in [-0.2, 0) is 0 Å². The number of aromatic amines is 2. The van der Waals surface area contributed by atoms with Gasteiger partial charge in [0.25, 0.3) is 0 Å². The summed E-state index contributed by atoms with van der Waals surface area (Å²) in [6.45, 7) is 0. The third-order valence-corrected chi connectivity index (χ3v) is 12.6. The van der Waals surface area contributed by atoms with Crippen molar-refractivity contribution in [2.75, 3.05) is 0 Å². The van der Waals surface area contributed by atoms with E-state index in [1.54, 1.807) is 0 Å². The average Bonchev–Trinajstić information content (AvgIpc) is 4.08. The van der Waals surface area contributed by atoms with E-state index in [-0.39, 0.29) is 0 Å². The number of nitrogens with zero attached hydrogens (tertiary/aromatic N) is 3. The summed E-state index contributed by atoms with van der Waals surface area (Å²) in [7, 11) is 0. The van der Waals surface area contributed by atoms with Crippen LogP contribution >= 0.6 is 0 Å². The Kier molecular flexibility index (Phi) is 7.54. The second-order valence-electron chi connectivity index (χ2n) is 16.2. The molecule has 5 heterocycles. The summed E-state index contributed by atoms with van der Waals surface area (Å²) in [5.74, 6) is 0. The van der Waals surface area contributed by atoms with Crippen molar-refractivity contribution in [2.45, 2.75) is 0 Å². The van der Waals surface area contributed by atoms with Crippen molar-refractivity contribution in [1.82, 2.24) is 24.1 Å². The molecule has 0 unspecified atom stereocenters. The third-order valence-electron chi connectivity index (χ3n) is 12.6. The number of rotatable bonds is 6. The van der Waals surface area contributed by atoms with Crippen molar-refractivity contribution in [3.63, 3.8) is 0 Å². The van der Waals surface area contributed by atoms with Crippen LogP contribution in [0.5, 0.6) is 0 Å². The molecule has 8 aromatic carbocycles. The topological polar surface area (TPSA) is 54.3 Å². The van der Waals surface area contributed by atoms with Crippen molar-refractivity contribution in [2.24, 2.45) is 0 Å². The van der Waals surface area contributed by atoms with E-state index in [4.69, 9.17) is 4.98 Å². The summed E-state index contributed by atoms with van der Waals surface area (Å²) >= 11 is 0. The molecule has 5 nitrogen and oxygen atoms in total. The van der Waals surface area contributed by atoms with E-state index in [0.717, 1.165) is 67.0 Å². The lowest BCUT2D eigenvalue weighted by atomic mass is 10.0. The van der Waals surface area contributed by atoms with Crippen LogP contribution in [0.4, 0.5) is 0 Å². The number of H-pyrrole nitrogens is 2. The molecule has 13 aromatic rings. The Labute approximate surface area is 356 Å². The van der Waals surface area contributed by atoms with Crippen molar-refractivity contribution >= 4 is 65.7 Å². The van der Waals surface area contributed by atoms with Crippen molar-refractivity contribution in [3.8, 4) is 56.1 Å². The van der Waals surface area contributed by atoms with Crippen LogP contribution in [-0.4, -0.2) is 24.1 Å². The summed E-state index contributed by atoms with van der Waals surface area (Å²) in [4.78, 5) is 12.9. The zero-order valence-electron chi connectivity index (χ0n) is 33.5. The number of hydrogen-bond acceptors (Lipinski definition) is 1. The Morgan fingerprint density at radius 1 is 0.306 bits per heavy atom. The highest BCUT2D eigenvalue weighted by atomic mass is 15.0. The van der Waals surface area contributed by atoms with Gasteiger partial charge in [-0.25, -0.2) is 4.98 Å². The first kappa shape index (κ1) is 34.5. The van der Waals surface area contributed by atoms with Gasteiger partial charge in [0.05, 0.1) is 44.5 Å². The molecule has 0 amide bonds. The van der Waals surface area contributed by atoms with Crippen LogP contribution in [0.1, 0.15) is 0 Å². The maximum atomic E-state index is 5.33. The van der Waals surface area contributed by atoms with Crippen molar-refractivity contribution in [3.05, 3.63) is 212 Å². The molecule has 0 aliphatic carbocycles. The van der Waals surface area contributed by atoms with Gasteiger partial charge in [0.15, 0.2) is 0 Å². The SMILES string of the molecule is c1ccc(-c2ccc3c(c2)[nH]c2c4ccccc4n(-c4cccc(-c5cccc(-c6cccc(-n7c8ccccc8c8[nH]c9cc(-c%10ccccc%10)ccc9c87)c6)n5)c4)c32)cc1. The van der Waals surface area contributed by atoms with Gasteiger partial charge in [-0.2, -0.15) is 0 Å². The molecule has 0 radical (unpaired) electrons. The van der Waals surface area contributed by atoms with Crippen LogP contribution in [0, 0.1) is 0 Å². The summed E-state index contributed by atoms with van der Waals surface area (Å²) in [6, 6.07) is 76.0. The van der Waals surface area contributed by atoms with E-state index in [2.05, 4.69) is 231 Å². The highest BCUT2D eigenvalue weighted by molar-refractivity contribution is 6.20. The van der Waals surface area contributed by atoms with Gasteiger partial charge in [-0.1, -0.05) is 152 Å². The normalized spacial score (nSPS) is 11.9. The lowest BCUT2D eigenvalue weighted by molar-refractivity contribution is 1.18. The molecule has 2 N–H and O–H groups in total. The second kappa shape index (κ2) is 13.6. The molecule has 0 fully saturated rings. The number of para-hydroxylation sites is 2. The largest absolute Gasteiger partial charge is 0.353 e. The second-order valence-corrected chi connectivity index (χ2v) is 16.2. The molecule has 0 bridgehead atoms. The number of fused-ring (bicyclic) bond motifs is 10. The Morgan fingerprint density at radius 3 is 1.21 bits per heavy atom. The predicted octanol–water partition coefficient (Wildman–Crippen LogP) is 14.9. The van der Waals surface area contributed by atoms with E-state index in [1.807, 2.05) is 0 Å². The Morgan fingerprint density at radius 2 is 0.726 bits per heavy atom. The zero-order valence-corrected chi connectivity index (χ0v) is 33.5. The molecule has 13 rings (SSSR count). The average molecular weight is 792 g/mol. The first-order chi connectivity index (χ1) is 30.7. The maximum absolute atomic E-state index is 5.33. The van der Waals surface area contributed by atoms with Gasteiger partial charge in [0.1, 0.15) is 0 Å². The lowest BCUT2D eigenvalue weighted by Crippen LogP contribution is -1.96. The Hall–Kier alpha value is -8.41. The minimum absolute atomic E-state index is 0.925. The molecular weight excluding hydrogens is 755 g/mol. The molecule has 0 saturated carbocycles. The third kappa shape index (κ3) is 5.32. The van der Waals surface area contributed by atoms with Gasteiger partial charge in [0.2, 0.25) is 0 Å². The maximum Gasteiger partial charge on any atom is 0.0797 e. The lowest BCUT2D eigenvalue weighted by Gasteiger charge is -2.12. The molecular formula is C57H37N5. The minimum atomic E-state index is 0.925. The molecule has 0 aliphatic rings. The van der Waals surface area contributed by atoms with Gasteiger partial charge >= 0.3 is 0 Å². The fraction of sp³-hybridized carbons (Fsp3) is 0. The van der Waals surface area contributed by atoms with Crippen LogP contribution in [0.25, 0.3) is 122 Å². The Balaban J connectivity index is 0.907. The van der Waals surface area contributed by atoms with Gasteiger partial charge in [0, 0.05) is 55.1 Å². The van der Waals surface area contributed by atoms with E-state index >= 15 is 0 Å². The molecule has 0 aliphatic heterocycles. The van der Waals surface area contributed by atoms with E-state index in [0.29, 0.717) is 0 Å². The fourth-order valence-electron chi connectivity index (χ4n) is 9.74. The van der Waals surface area contributed by atoms with Gasteiger partial charge in [-0.3, -0.25) is 0 Å². The fourth-order valence-corrected chi connectivity index (χ4v) is 9.74. The first-order valence-electron chi connectivity index (χ1n) is 21.1. The van der Waals surface area contributed by atoms with Gasteiger partial charge in [-0.05, 0) is 82.9 Å². The van der Waals surface area contributed by atoms with Crippen molar-refractivity contribution < 1.29 is 0 Å². The zero-order chi connectivity index (χ0) is 40.7. The molecule has 5 aromatic heterocycles. The van der Waals surface area contributed by atoms with E-state index in [1.165, 1.54) is 54.8 Å². The van der Waals surface area contributed by atoms with Crippen LogP contribution in [0.15, 0.2) is 212 Å². The summed E-state index contributed by atoms with van der Waals surface area (Å²) in [5.41, 5.74) is 20.2. The number of nitrogens with one attached hydrogen (secondary N) is 2. The predicted molar refractivity (Wildman–Crippen MR) is 258 cm³/mol. The smallest absolute Gasteiger partial charge is 0.0797 e. The Bertz CT molecular complexity index is 3610. The molecule has 5 heteroatoms. The van der Waals surface area contributed by atoms with Crippen LogP contribution in [0.2, 0.25) is 0 Å². The summed E-state index contributed by atoms with van der Waals surface area (Å²) < 4.78 is 4.80. The van der Waals surface area contributed by atoms with E-state index in [9.17, 15) is 0 Å². The van der Waals surface area contributed by atoms with Crippen LogP contribution in [0.3, 0.4) is 0 Å². The molecule has 62 heavy (non-hydrogen) atoms. The number of hydrogen-bond donors (Lipinski definition) is 2.